The van der Waals surface area contributed by atoms with E-state index in [1.165, 1.54) is 29.5 Å². The number of halogens is 3. The van der Waals surface area contributed by atoms with Crippen molar-refractivity contribution in [1.82, 2.24) is 0 Å². The number of allylic oxidation sites excluding steroid dienone is 1. The standard InChI is InChI=1S/C14H9F3O2S/c15-14(16,17)19-11-5-3-10(4-6-11)13(18)8-7-12-2-1-9-20-12/h1-9H. The fraction of sp³-hybridized carbons (Fsp3) is 0.0714. The van der Waals surface area contributed by atoms with Crippen LogP contribution in [0.25, 0.3) is 6.08 Å². The first-order chi connectivity index (χ1) is 9.44. The van der Waals surface area contributed by atoms with Crippen LogP contribution in [0, 0.1) is 0 Å². The van der Waals surface area contributed by atoms with E-state index in [9.17, 15) is 18.0 Å². The number of carbonyl (C=O) groups excluding carboxylic acids is 1. The highest BCUT2D eigenvalue weighted by Crippen LogP contribution is 2.23. The molecule has 0 aliphatic carbocycles. The van der Waals surface area contributed by atoms with Crippen molar-refractivity contribution in [2.45, 2.75) is 6.36 Å². The van der Waals surface area contributed by atoms with E-state index >= 15 is 0 Å². The van der Waals surface area contributed by atoms with E-state index < -0.39 is 6.36 Å². The van der Waals surface area contributed by atoms with Crippen LogP contribution in [0.3, 0.4) is 0 Å². The number of rotatable bonds is 4. The highest BCUT2D eigenvalue weighted by Gasteiger charge is 2.30. The summed E-state index contributed by atoms with van der Waals surface area (Å²) in [6.45, 7) is 0. The van der Waals surface area contributed by atoms with Crippen molar-refractivity contribution in [1.29, 1.82) is 0 Å². The third-order valence-electron chi connectivity index (χ3n) is 2.31. The number of ketones is 1. The topological polar surface area (TPSA) is 26.3 Å². The number of alkyl halides is 3. The minimum Gasteiger partial charge on any atom is -0.406 e. The molecule has 0 bridgehead atoms. The molecule has 2 aromatic rings. The molecule has 2 rings (SSSR count). The van der Waals surface area contributed by atoms with Gasteiger partial charge < -0.3 is 4.74 Å². The van der Waals surface area contributed by atoms with Gasteiger partial charge in [-0.05, 0) is 47.9 Å². The zero-order valence-electron chi connectivity index (χ0n) is 10.1. The Kier molecular flexibility index (Phi) is 4.24. The summed E-state index contributed by atoms with van der Waals surface area (Å²) in [5.74, 6) is -0.631. The second-order valence-electron chi connectivity index (χ2n) is 3.79. The Bertz CT molecular complexity index is 598. The smallest absolute Gasteiger partial charge is 0.406 e. The summed E-state index contributed by atoms with van der Waals surface area (Å²) in [4.78, 5) is 12.7. The first-order valence-electron chi connectivity index (χ1n) is 5.56. The zero-order valence-corrected chi connectivity index (χ0v) is 10.9. The molecular formula is C14H9F3O2S. The molecule has 0 saturated carbocycles. The van der Waals surface area contributed by atoms with Crippen molar-refractivity contribution >= 4 is 23.2 Å². The average molecular weight is 298 g/mol. The minimum absolute atomic E-state index is 0.281. The fourth-order valence-electron chi connectivity index (χ4n) is 1.46. The van der Waals surface area contributed by atoms with Crippen molar-refractivity contribution in [3.8, 4) is 5.75 Å². The molecular weight excluding hydrogens is 289 g/mol. The van der Waals surface area contributed by atoms with Gasteiger partial charge in [-0.15, -0.1) is 24.5 Å². The molecule has 0 atom stereocenters. The Morgan fingerprint density at radius 3 is 2.40 bits per heavy atom. The molecule has 0 saturated heterocycles. The van der Waals surface area contributed by atoms with Crippen LogP contribution in [0.1, 0.15) is 15.2 Å². The highest BCUT2D eigenvalue weighted by molar-refractivity contribution is 7.10. The van der Waals surface area contributed by atoms with Gasteiger partial charge in [-0.2, -0.15) is 0 Å². The van der Waals surface area contributed by atoms with E-state index in [0.717, 1.165) is 17.0 Å². The molecule has 0 aliphatic heterocycles. The highest BCUT2D eigenvalue weighted by atomic mass is 32.1. The van der Waals surface area contributed by atoms with Gasteiger partial charge in [-0.1, -0.05) is 6.07 Å². The lowest BCUT2D eigenvalue weighted by Gasteiger charge is -2.08. The van der Waals surface area contributed by atoms with Crippen LogP contribution in [0.5, 0.6) is 5.75 Å². The summed E-state index contributed by atoms with van der Waals surface area (Å²) in [5, 5.41) is 1.88. The summed E-state index contributed by atoms with van der Waals surface area (Å²) in [5.41, 5.74) is 0.298. The van der Waals surface area contributed by atoms with E-state index in [0.29, 0.717) is 5.56 Å². The van der Waals surface area contributed by atoms with Crippen molar-refractivity contribution in [2.24, 2.45) is 0 Å². The number of thiophene rings is 1. The monoisotopic (exact) mass is 298 g/mol. The van der Waals surface area contributed by atoms with Crippen LogP contribution in [-0.4, -0.2) is 12.1 Å². The molecule has 1 aromatic carbocycles. The van der Waals surface area contributed by atoms with Crippen LogP contribution < -0.4 is 4.74 Å². The van der Waals surface area contributed by atoms with Gasteiger partial charge in [0.15, 0.2) is 5.78 Å². The van der Waals surface area contributed by atoms with Gasteiger partial charge >= 0.3 is 6.36 Å². The van der Waals surface area contributed by atoms with Gasteiger partial charge in [0.1, 0.15) is 5.75 Å². The molecule has 0 fully saturated rings. The summed E-state index contributed by atoms with van der Waals surface area (Å²) < 4.78 is 39.7. The third kappa shape index (κ3) is 4.24. The van der Waals surface area contributed by atoms with Crippen molar-refractivity contribution in [3.63, 3.8) is 0 Å². The van der Waals surface area contributed by atoms with Crippen LogP contribution in [0.15, 0.2) is 47.9 Å². The normalized spacial score (nSPS) is 11.8. The summed E-state index contributed by atoms with van der Waals surface area (Å²) >= 11 is 1.48. The Morgan fingerprint density at radius 1 is 1.15 bits per heavy atom. The van der Waals surface area contributed by atoms with Crippen LogP contribution >= 0.6 is 11.3 Å². The predicted molar refractivity (Wildman–Crippen MR) is 70.8 cm³/mol. The molecule has 1 aromatic heterocycles. The number of hydrogen-bond donors (Lipinski definition) is 0. The zero-order chi connectivity index (χ0) is 14.6. The molecule has 0 spiro atoms. The molecule has 0 N–H and O–H groups in total. The number of benzene rings is 1. The molecule has 6 heteroatoms. The van der Waals surface area contributed by atoms with Crippen molar-refractivity contribution in [3.05, 3.63) is 58.3 Å². The van der Waals surface area contributed by atoms with Gasteiger partial charge in [-0.25, -0.2) is 0 Å². The summed E-state index contributed by atoms with van der Waals surface area (Å²) in [7, 11) is 0. The maximum absolute atomic E-state index is 12.0. The van der Waals surface area contributed by atoms with E-state index in [-0.39, 0.29) is 11.5 Å². The predicted octanol–water partition coefficient (Wildman–Crippen LogP) is 4.54. The van der Waals surface area contributed by atoms with Gasteiger partial charge in [0, 0.05) is 10.4 Å². The molecule has 0 unspecified atom stereocenters. The quantitative estimate of drug-likeness (QED) is 0.612. The SMILES string of the molecule is O=C(C=Cc1cccs1)c1ccc(OC(F)(F)F)cc1. The van der Waals surface area contributed by atoms with Crippen LogP contribution in [0.4, 0.5) is 13.2 Å². The summed E-state index contributed by atoms with van der Waals surface area (Å²) in [6.07, 6.45) is -1.69. The second-order valence-corrected chi connectivity index (χ2v) is 4.76. The van der Waals surface area contributed by atoms with E-state index in [2.05, 4.69) is 4.74 Å². The van der Waals surface area contributed by atoms with Gasteiger partial charge in [0.2, 0.25) is 0 Å². The number of hydrogen-bond acceptors (Lipinski definition) is 3. The van der Waals surface area contributed by atoms with Crippen molar-refractivity contribution in [2.75, 3.05) is 0 Å². The second kappa shape index (κ2) is 5.92. The van der Waals surface area contributed by atoms with Crippen LogP contribution in [0.2, 0.25) is 0 Å². The maximum atomic E-state index is 12.0. The number of carbonyl (C=O) groups is 1. The molecule has 104 valence electrons. The van der Waals surface area contributed by atoms with E-state index in [4.69, 9.17) is 0 Å². The van der Waals surface area contributed by atoms with Crippen LogP contribution in [-0.2, 0) is 0 Å². The lowest BCUT2D eigenvalue weighted by Crippen LogP contribution is -2.17. The van der Waals surface area contributed by atoms with E-state index in [1.54, 1.807) is 6.08 Å². The molecule has 2 nitrogen and oxygen atoms in total. The molecule has 0 aliphatic rings. The molecule has 1 heterocycles. The van der Waals surface area contributed by atoms with Crippen molar-refractivity contribution < 1.29 is 22.7 Å². The molecule has 0 radical (unpaired) electrons. The molecule has 0 amide bonds. The summed E-state index contributed by atoms with van der Waals surface area (Å²) in [6, 6.07) is 8.52. The lowest BCUT2D eigenvalue weighted by atomic mass is 10.1. The maximum Gasteiger partial charge on any atom is 0.573 e. The minimum atomic E-state index is -4.73. The van der Waals surface area contributed by atoms with Gasteiger partial charge in [0.05, 0.1) is 0 Å². The Morgan fingerprint density at radius 2 is 1.85 bits per heavy atom. The van der Waals surface area contributed by atoms with Gasteiger partial charge in [0.25, 0.3) is 0 Å². The first-order valence-corrected chi connectivity index (χ1v) is 6.44. The number of ether oxygens (including phenoxy) is 1. The van der Waals surface area contributed by atoms with E-state index in [1.807, 2.05) is 17.5 Å². The largest absolute Gasteiger partial charge is 0.573 e. The average Bonchev–Trinajstić information content (AvgIpc) is 2.88. The Balaban J connectivity index is 2.04. The molecule has 20 heavy (non-hydrogen) atoms. The Hall–Kier alpha value is -2.08. The third-order valence-corrected chi connectivity index (χ3v) is 3.15. The lowest BCUT2D eigenvalue weighted by molar-refractivity contribution is -0.274. The Labute approximate surface area is 117 Å². The first kappa shape index (κ1) is 14.3. The van der Waals surface area contributed by atoms with Gasteiger partial charge in [-0.3, -0.25) is 4.79 Å². The fourth-order valence-corrected chi connectivity index (χ4v) is 2.08.